The third-order valence-corrected chi connectivity index (χ3v) is 5.50. The number of aliphatic hydroxyl groups excluding tert-OH is 1. The molecule has 9 heteroatoms. The first-order chi connectivity index (χ1) is 11.7. The smallest absolute Gasteiger partial charge is 0.271 e. The van der Waals surface area contributed by atoms with Crippen molar-refractivity contribution in [1.82, 2.24) is 0 Å². The van der Waals surface area contributed by atoms with Crippen LogP contribution >= 0.6 is 11.6 Å². The molecular formula is C16H13ClN2O6. The second-order valence-corrected chi connectivity index (χ2v) is 7.00. The fourth-order valence-electron chi connectivity index (χ4n) is 4.06. The number of non-ortho nitro benzene ring substituents is 1. The highest BCUT2D eigenvalue weighted by atomic mass is 35.5. The van der Waals surface area contributed by atoms with E-state index in [1.807, 2.05) is 0 Å². The molecule has 2 bridgehead atoms. The molecule has 2 amide bonds. The number of carbonyl (C=O) groups excluding carboxylic acids is 2. The average Bonchev–Trinajstić information content (AvgIpc) is 3.14. The Bertz CT molecular complexity index is 870. The highest BCUT2D eigenvalue weighted by Crippen LogP contribution is 2.57. The van der Waals surface area contributed by atoms with Crippen LogP contribution in [-0.4, -0.2) is 39.7 Å². The Balaban J connectivity index is 1.83. The van der Waals surface area contributed by atoms with Gasteiger partial charge in [0.15, 0.2) is 0 Å². The molecule has 0 aliphatic carbocycles. The average molecular weight is 365 g/mol. The van der Waals surface area contributed by atoms with Gasteiger partial charge in [-0.05, 0) is 13.0 Å². The summed E-state index contributed by atoms with van der Waals surface area (Å²) >= 11 is 6.09. The number of aliphatic hydroxyl groups is 1. The van der Waals surface area contributed by atoms with E-state index < -0.39 is 46.4 Å². The van der Waals surface area contributed by atoms with Crippen LogP contribution in [0.4, 0.5) is 11.4 Å². The van der Waals surface area contributed by atoms with Crippen LogP contribution < -0.4 is 4.90 Å². The van der Waals surface area contributed by atoms with E-state index in [9.17, 15) is 24.8 Å². The molecule has 0 radical (unpaired) electrons. The molecule has 0 unspecified atom stereocenters. The lowest BCUT2D eigenvalue weighted by Crippen LogP contribution is -2.43. The van der Waals surface area contributed by atoms with Gasteiger partial charge in [-0.3, -0.25) is 19.7 Å². The first-order valence-electron chi connectivity index (χ1n) is 7.57. The van der Waals surface area contributed by atoms with Crippen LogP contribution in [0.3, 0.4) is 0 Å². The zero-order valence-electron chi connectivity index (χ0n) is 13.0. The van der Waals surface area contributed by atoms with E-state index >= 15 is 0 Å². The first-order valence-corrected chi connectivity index (χ1v) is 7.95. The van der Waals surface area contributed by atoms with Gasteiger partial charge in [0.2, 0.25) is 11.8 Å². The van der Waals surface area contributed by atoms with Crippen molar-refractivity contribution in [2.75, 3.05) is 11.5 Å². The predicted octanol–water partition coefficient (Wildman–Crippen LogP) is 1.44. The number of nitrogens with zero attached hydrogens (tertiary/aromatic N) is 2. The van der Waals surface area contributed by atoms with Gasteiger partial charge >= 0.3 is 0 Å². The number of carbonyl (C=O) groups is 2. The molecule has 0 aromatic heterocycles. The minimum Gasteiger partial charge on any atom is -0.393 e. The topological polar surface area (TPSA) is 110 Å². The standard InChI is InChI=1S/C16H13ClN2O6/c1-15-4-5-16(7-20,25-15)12-11(15)13(21)18(14(12)22)10-6-8(19(23)24)2-3-9(10)17/h2-6,11-12,20H,7H2,1H3/t11-,12-,15-,16-/m0/s1. The number of halogens is 1. The molecule has 3 aliphatic rings. The second-order valence-electron chi connectivity index (χ2n) is 6.59. The lowest BCUT2D eigenvalue weighted by molar-refractivity contribution is -0.384. The number of imide groups is 1. The normalized spacial score (nSPS) is 35.6. The minimum absolute atomic E-state index is 0.0312. The van der Waals surface area contributed by atoms with E-state index in [2.05, 4.69) is 0 Å². The molecule has 1 N–H and O–H groups in total. The van der Waals surface area contributed by atoms with Crippen LogP contribution in [0.1, 0.15) is 6.92 Å². The molecular weight excluding hydrogens is 352 g/mol. The van der Waals surface area contributed by atoms with Crippen LogP contribution in [0.25, 0.3) is 0 Å². The zero-order valence-corrected chi connectivity index (χ0v) is 13.8. The Hall–Kier alpha value is -2.29. The number of anilines is 1. The molecule has 2 fully saturated rings. The van der Waals surface area contributed by atoms with Gasteiger partial charge in [-0.1, -0.05) is 23.8 Å². The van der Waals surface area contributed by atoms with Gasteiger partial charge in [0.1, 0.15) is 5.60 Å². The second kappa shape index (κ2) is 4.87. The summed E-state index contributed by atoms with van der Waals surface area (Å²) in [5.74, 6) is -2.83. The summed E-state index contributed by atoms with van der Waals surface area (Å²) in [6.45, 7) is 1.23. The summed E-state index contributed by atoms with van der Waals surface area (Å²) in [7, 11) is 0. The van der Waals surface area contributed by atoms with Crippen LogP contribution in [0.2, 0.25) is 5.02 Å². The summed E-state index contributed by atoms with van der Waals surface area (Å²) in [6.07, 6.45) is 3.28. The van der Waals surface area contributed by atoms with E-state index in [1.54, 1.807) is 19.1 Å². The van der Waals surface area contributed by atoms with Gasteiger partial charge in [-0.2, -0.15) is 0 Å². The number of fused-ring (bicyclic) bond motifs is 5. The molecule has 3 heterocycles. The fraction of sp³-hybridized carbons (Fsp3) is 0.375. The van der Waals surface area contributed by atoms with Crippen LogP contribution in [0.15, 0.2) is 30.4 Å². The summed E-state index contributed by atoms with van der Waals surface area (Å²) in [6, 6.07) is 3.57. The molecule has 130 valence electrons. The Morgan fingerprint density at radius 2 is 2.00 bits per heavy atom. The summed E-state index contributed by atoms with van der Waals surface area (Å²) in [4.78, 5) is 37.2. The van der Waals surface area contributed by atoms with E-state index in [0.717, 1.165) is 11.0 Å². The molecule has 2 saturated heterocycles. The number of nitro benzene ring substituents is 1. The molecule has 0 saturated carbocycles. The van der Waals surface area contributed by atoms with E-state index in [4.69, 9.17) is 16.3 Å². The molecule has 0 spiro atoms. The molecule has 1 aromatic carbocycles. The Kier molecular flexibility index (Phi) is 3.16. The maximum absolute atomic E-state index is 13.0. The molecule has 1 aromatic rings. The van der Waals surface area contributed by atoms with Crippen molar-refractivity contribution in [3.05, 3.63) is 45.5 Å². The van der Waals surface area contributed by atoms with Gasteiger partial charge in [0, 0.05) is 12.1 Å². The maximum Gasteiger partial charge on any atom is 0.271 e. The fourth-order valence-corrected chi connectivity index (χ4v) is 4.27. The van der Waals surface area contributed by atoms with Crippen molar-refractivity contribution in [3.63, 3.8) is 0 Å². The Labute approximate surface area is 146 Å². The van der Waals surface area contributed by atoms with Gasteiger partial charge in [-0.25, -0.2) is 4.90 Å². The number of hydrogen-bond acceptors (Lipinski definition) is 6. The van der Waals surface area contributed by atoms with Gasteiger partial charge in [-0.15, -0.1) is 0 Å². The number of ether oxygens (including phenoxy) is 1. The van der Waals surface area contributed by atoms with Gasteiger partial charge in [0.05, 0.1) is 39.7 Å². The van der Waals surface area contributed by atoms with Crippen LogP contribution in [0, 0.1) is 22.0 Å². The van der Waals surface area contributed by atoms with E-state index in [0.29, 0.717) is 0 Å². The van der Waals surface area contributed by atoms with Gasteiger partial charge < -0.3 is 9.84 Å². The largest absolute Gasteiger partial charge is 0.393 e. The van der Waals surface area contributed by atoms with E-state index in [1.165, 1.54) is 12.1 Å². The maximum atomic E-state index is 13.0. The molecule has 4 rings (SSSR count). The number of benzene rings is 1. The number of hydrogen-bond donors (Lipinski definition) is 1. The zero-order chi connectivity index (χ0) is 18.1. The first kappa shape index (κ1) is 16.2. The van der Waals surface area contributed by atoms with Crippen molar-refractivity contribution in [1.29, 1.82) is 0 Å². The van der Waals surface area contributed by atoms with Crippen molar-refractivity contribution >= 4 is 34.8 Å². The lowest BCUT2D eigenvalue weighted by atomic mass is 9.73. The van der Waals surface area contributed by atoms with Crippen molar-refractivity contribution in [3.8, 4) is 0 Å². The minimum atomic E-state index is -1.26. The van der Waals surface area contributed by atoms with Gasteiger partial charge in [0.25, 0.3) is 5.69 Å². The van der Waals surface area contributed by atoms with Crippen molar-refractivity contribution < 1.29 is 24.4 Å². The third-order valence-electron chi connectivity index (χ3n) is 5.19. The highest BCUT2D eigenvalue weighted by molar-refractivity contribution is 6.36. The predicted molar refractivity (Wildman–Crippen MR) is 86.0 cm³/mol. The summed E-state index contributed by atoms with van der Waals surface area (Å²) in [5, 5.41) is 20.8. The summed E-state index contributed by atoms with van der Waals surface area (Å²) < 4.78 is 5.81. The molecule has 8 nitrogen and oxygen atoms in total. The Morgan fingerprint density at radius 3 is 2.64 bits per heavy atom. The number of rotatable bonds is 3. The van der Waals surface area contributed by atoms with E-state index in [-0.39, 0.29) is 16.4 Å². The quantitative estimate of drug-likeness (QED) is 0.376. The third kappa shape index (κ3) is 1.90. The Morgan fingerprint density at radius 1 is 1.32 bits per heavy atom. The summed E-state index contributed by atoms with van der Waals surface area (Å²) in [5.41, 5.74) is -2.58. The SMILES string of the molecule is C[C@@]12C=C[C@@](CO)(O1)[C@@H]1C(=O)N(c3cc([N+](=O)[O-])ccc3Cl)C(=O)[C@H]12. The van der Waals surface area contributed by atoms with Crippen LogP contribution in [0.5, 0.6) is 0 Å². The molecule has 4 atom stereocenters. The lowest BCUT2D eigenvalue weighted by Gasteiger charge is -2.27. The van der Waals surface area contributed by atoms with Crippen molar-refractivity contribution in [2.45, 2.75) is 18.1 Å². The molecule has 25 heavy (non-hydrogen) atoms. The highest BCUT2D eigenvalue weighted by Gasteiger charge is 2.72. The monoisotopic (exact) mass is 364 g/mol. The number of amides is 2. The van der Waals surface area contributed by atoms with Crippen LogP contribution in [-0.2, 0) is 14.3 Å². The van der Waals surface area contributed by atoms with Crippen molar-refractivity contribution in [2.24, 2.45) is 11.8 Å². The number of nitro groups is 1. The molecule has 3 aliphatic heterocycles.